The SMILES string of the molecule is C=CCN(C(=O)C1N(CCCCCO)C(=O)[C@@H]2[C@@H](C(=O)O)[C@]3(C)OC12CC3C)c1cc(C)ccc1C. The molecular weight excluding hydrogens is 460 g/mol. The minimum Gasteiger partial charge on any atom is -0.481 e. The van der Waals surface area contributed by atoms with Gasteiger partial charge in [-0.1, -0.05) is 25.1 Å². The van der Waals surface area contributed by atoms with Crippen LogP contribution >= 0.6 is 0 Å². The first-order valence-electron chi connectivity index (χ1n) is 12.9. The molecule has 3 unspecified atom stereocenters. The number of rotatable bonds is 10. The lowest BCUT2D eigenvalue weighted by Gasteiger charge is -2.37. The normalized spacial score (nSPS) is 32.6. The summed E-state index contributed by atoms with van der Waals surface area (Å²) in [6, 6.07) is 4.96. The van der Waals surface area contributed by atoms with Crippen LogP contribution in [0.1, 0.15) is 50.7 Å². The largest absolute Gasteiger partial charge is 0.481 e. The monoisotopic (exact) mass is 498 g/mol. The van der Waals surface area contributed by atoms with E-state index in [2.05, 4.69) is 6.58 Å². The Balaban J connectivity index is 1.81. The first-order chi connectivity index (χ1) is 17.0. The van der Waals surface area contributed by atoms with E-state index in [1.54, 1.807) is 22.8 Å². The number of carboxylic acids is 1. The van der Waals surface area contributed by atoms with Crippen molar-refractivity contribution in [3.8, 4) is 0 Å². The number of fused-ring (bicyclic) bond motifs is 1. The molecule has 3 aliphatic rings. The summed E-state index contributed by atoms with van der Waals surface area (Å²) in [5.41, 5.74) is 0.454. The maximum atomic E-state index is 14.5. The maximum Gasteiger partial charge on any atom is 0.310 e. The van der Waals surface area contributed by atoms with Crippen LogP contribution in [0.2, 0.25) is 0 Å². The van der Waals surface area contributed by atoms with Gasteiger partial charge in [0.1, 0.15) is 17.6 Å². The van der Waals surface area contributed by atoms with Gasteiger partial charge in [-0.2, -0.15) is 0 Å². The molecule has 3 heterocycles. The predicted octanol–water partition coefficient (Wildman–Crippen LogP) is 3.08. The second kappa shape index (κ2) is 9.63. The number of anilines is 1. The topological polar surface area (TPSA) is 107 Å². The molecule has 3 saturated heterocycles. The minimum absolute atomic E-state index is 0.0582. The summed E-state index contributed by atoms with van der Waals surface area (Å²) >= 11 is 0. The van der Waals surface area contributed by atoms with Crippen LogP contribution in [0.25, 0.3) is 0 Å². The summed E-state index contributed by atoms with van der Waals surface area (Å²) in [4.78, 5) is 44.1. The van der Waals surface area contributed by atoms with Crippen molar-refractivity contribution in [3.05, 3.63) is 42.0 Å². The Labute approximate surface area is 212 Å². The van der Waals surface area contributed by atoms with E-state index in [0.29, 0.717) is 32.2 Å². The number of aliphatic hydroxyl groups is 1. The summed E-state index contributed by atoms with van der Waals surface area (Å²) in [6.07, 6.45) is 4.01. The quantitative estimate of drug-likeness (QED) is 0.379. The number of amides is 2. The van der Waals surface area contributed by atoms with E-state index in [4.69, 9.17) is 4.74 Å². The molecule has 0 radical (unpaired) electrons. The summed E-state index contributed by atoms with van der Waals surface area (Å²) < 4.78 is 6.58. The molecule has 2 N–H and O–H groups in total. The number of aryl methyl sites for hydroxylation is 2. The molecule has 0 aromatic heterocycles. The number of hydrogen-bond acceptors (Lipinski definition) is 5. The van der Waals surface area contributed by atoms with Crippen molar-refractivity contribution in [2.45, 2.75) is 70.6 Å². The van der Waals surface area contributed by atoms with Crippen molar-refractivity contribution < 1.29 is 29.3 Å². The van der Waals surface area contributed by atoms with Crippen molar-refractivity contribution in [1.82, 2.24) is 4.90 Å². The lowest BCUT2D eigenvalue weighted by molar-refractivity contribution is -0.156. The van der Waals surface area contributed by atoms with Gasteiger partial charge in [0.25, 0.3) is 5.91 Å². The molecule has 2 amide bonds. The van der Waals surface area contributed by atoms with Gasteiger partial charge in [-0.05, 0) is 69.6 Å². The van der Waals surface area contributed by atoms with Crippen molar-refractivity contribution in [2.24, 2.45) is 17.8 Å². The fourth-order valence-corrected chi connectivity index (χ4v) is 6.80. The number of nitrogens with zero attached hydrogens (tertiary/aromatic N) is 2. The standard InChI is InChI=1S/C28H38N2O6/c1-6-12-29(20-15-17(2)10-11-18(20)3)25(33)23-28-16-19(4)27(5,36-28)22(26(34)35)21(28)24(32)30(23)13-8-7-9-14-31/h6,10-11,15,19,21-23,31H,1,7-9,12-14,16H2,2-5H3,(H,34,35)/t19?,21-,22-,23?,27+,28?/m0/s1. The Morgan fingerprint density at radius 2 is 2.00 bits per heavy atom. The average Bonchev–Trinajstić information content (AvgIpc) is 3.33. The Hall–Kier alpha value is -2.71. The van der Waals surface area contributed by atoms with E-state index in [0.717, 1.165) is 16.8 Å². The highest BCUT2D eigenvalue weighted by atomic mass is 16.5. The van der Waals surface area contributed by atoms with Gasteiger partial charge in [0, 0.05) is 25.4 Å². The molecule has 1 aromatic carbocycles. The summed E-state index contributed by atoms with van der Waals surface area (Å²) in [5.74, 6) is -3.70. The number of ether oxygens (including phenoxy) is 1. The molecule has 2 bridgehead atoms. The third kappa shape index (κ3) is 3.86. The van der Waals surface area contributed by atoms with E-state index in [1.807, 2.05) is 39.0 Å². The number of aliphatic carboxylic acids is 1. The lowest BCUT2D eigenvalue weighted by Crippen LogP contribution is -2.57. The Morgan fingerprint density at radius 1 is 1.28 bits per heavy atom. The van der Waals surface area contributed by atoms with Gasteiger partial charge in [0.15, 0.2) is 0 Å². The van der Waals surface area contributed by atoms with Crippen LogP contribution in [-0.2, 0) is 19.1 Å². The summed E-state index contributed by atoms with van der Waals surface area (Å²) in [6.45, 7) is 12.1. The molecule has 1 aromatic rings. The fraction of sp³-hybridized carbons (Fsp3) is 0.607. The number of carboxylic acid groups (broad SMARTS) is 1. The Bertz CT molecular complexity index is 1070. The number of aliphatic hydroxyl groups excluding tert-OH is 1. The molecule has 36 heavy (non-hydrogen) atoms. The van der Waals surface area contributed by atoms with Crippen LogP contribution < -0.4 is 4.90 Å². The molecule has 3 aliphatic heterocycles. The van der Waals surface area contributed by atoms with Gasteiger partial charge in [0.2, 0.25) is 5.91 Å². The van der Waals surface area contributed by atoms with Crippen molar-refractivity contribution >= 4 is 23.5 Å². The molecule has 0 aliphatic carbocycles. The smallest absolute Gasteiger partial charge is 0.310 e. The highest BCUT2D eigenvalue weighted by Gasteiger charge is 2.80. The predicted molar refractivity (Wildman–Crippen MR) is 136 cm³/mol. The number of unbranched alkanes of at least 4 members (excludes halogenated alkanes) is 2. The Morgan fingerprint density at radius 3 is 2.64 bits per heavy atom. The zero-order valence-corrected chi connectivity index (χ0v) is 21.7. The molecule has 8 heteroatoms. The van der Waals surface area contributed by atoms with E-state index in [-0.39, 0.29) is 30.9 Å². The van der Waals surface area contributed by atoms with Crippen LogP contribution in [0.3, 0.4) is 0 Å². The average molecular weight is 499 g/mol. The molecule has 3 fully saturated rings. The molecular formula is C28H38N2O6. The lowest BCUT2D eigenvalue weighted by atomic mass is 9.62. The molecule has 6 atom stereocenters. The van der Waals surface area contributed by atoms with Gasteiger partial charge in [-0.15, -0.1) is 6.58 Å². The molecule has 0 saturated carbocycles. The number of hydrogen-bond donors (Lipinski definition) is 2. The third-order valence-electron chi connectivity index (χ3n) is 8.60. The highest BCUT2D eigenvalue weighted by Crippen LogP contribution is 2.65. The van der Waals surface area contributed by atoms with Gasteiger partial charge in [-0.3, -0.25) is 14.4 Å². The highest BCUT2D eigenvalue weighted by molar-refractivity contribution is 6.05. The van der Waals surface area contributed by atoms with Crippen LogP contribution in [-0.4, -0.2) is 69.8 Å². The van der Waals surface area contributed by atoms with Gasteiger partial charge in [0.05, 0.1) is 11.5 Å². The van der Waals surface area contributed by atoms with Crippen LogP contribution in [0, 0.1) is 31.6 Å². The number of likely N-dealkylation sites (tertiary alicyclic amines) is 1. The van der Waals surface area contributed by atoms with E-state index in [1.165, 1.54) is 0 Å². The number of carbonyl (C=O) groups is 3. The van der Waals surface area contributed by atoms with Crippen LogP contribution in [0.4, 0.5) is 5.69 Å². The minimum atomic E-state index is -1.19. The first kappa shape index (κ1) is 26.4. The second-order valence-electron chi connectivity index (χ2n) is 10.9. The van der Waals surface area contributed by atoms with Crippen molar-refractivity contribution in [2.75, 3.05) is 24.6 Å². The van der Waals surface area contributed by atoms with Crippen LogP contribution in [0.15, 0.2) is 30.9 Å². The van der Waals surface area contributed by atoms with Crippen LogP contribution in [0.5, 0.6) is 0 Å². The first-order valence-corrected chi connectivity index (χ1v) is 12.9. The third-order valence-corrected chi connectivity index (χ3v) is 8.60. The van der Waals surface area contributed by atoms with E-state index >= 15 is 0 Å². The molecule has 4 rings (SSSR count). The number of benzene rings is 1. The zero-order chi connectivity index (χ0) is 26.4. The van der Waals surface area contributed by atoms with Gasteiger partial charge >= 0.3 is 5.97 Å². The zero-order valence-electron chi connectivity index (χ0n) is 21.7. The fourth-order valence-electron chi connectivity index (χ4n) is 6.80. The maximum absolute atomic E-state index is 14.5. The molecule has 1 spiro atoms. The van der Waals surface area contributed by atoms with Gasteiger partial charge in [-0.25, -0.2) is 0 Å². The molecule has 8 nitrogen and oxygen atoms in total. The molecule has 196 valence electrons. The summed E-state index contributed by atoms with van der Waals surface area (Å²) in [7, 11) is 0. The van der Waals surface area contributed by atoms with E-state index in [9.17, 15) is 24.6 Å². The van der Waals surface area contributed by atoms with Crippen molar-refractivity contribution in [1.29, 1.82) is 0 Å². The van der Waals surface area contributed by atoms with Crippen molar-refractivity contribution in [3.63, 3.8) is 0 Å². The number of carbonyl (C=O) groups excluding carboxylic acids is 2. The Kier molecular flexibility index (Phi) is 7.05. The summed E-state index contributed by atoms with van der Waals surface area (Å²) in [5, 5.41) is 19.4. The second-order valence-corrected chi connectivity index (χ2v) is 10.9. The van der Waals surface area contributed by atoms with Gasteiger partial charge < -0.3 is 24.7 Å². The van der Waals surface area contributed by atoms with E-state index < -0.39 is 35.0 Å².